The van der Waals surface area contributed by atoms with Crippen molar-refractivity contribution in [3.63, 3.8) is 0 Å². The Morgan fingerprint density at radius 1 is 1.05 bits per heavy atom. The van der Waals surface area contributed by atoms with Crippen LogP contribution in [0.2, 0.25) is 0 Å². The molecule has 2 aromatic carbocycles. The molecular weight excluding hydrogens is 312 g/mol. The van der Waals surface area contributed by atoms with Gasteiger partial charge in [0, 0.05) is 0 Å². The van der Waals surface area contributed by atoms with Crippen molar-refractivity contribution in [3.05, 3.63) is 47.5 Å². The molecule has 0 fully saturated rings. The van der Waals surface area contributed by atoms with E-state index in [0.717, 1.165) is 17.7 Å². The molecule has 8 heteroatoms. The van der Waals surface area contributed by atoms with Crippen LogP contribution in [0.4, 0.5) is 0 Å². The Balaban J connectivity index is 2.42. The number of benzene rings is 2. The van der Waals surface area contributed by atoms with Crippen LogP contribution in [0.3, 0.4) is 0 Å². The Kier molecular flexibility index (Phi) is 3.96. The van der Waals surface area contributed by atoms with Gasteiger partial charge in [0.1, 0.15) is 4.90 Å². The van der Waals surface area contributed by atoms with E-state index in [-0.39, 0.29) is 4.90 Å². The van der Waals surface area contributed by atoms with Crippen LogP contribution in [0.15, 0.2) is 41.3 Å². The van der Waals surface area contributed by atoms with Crippen LogP contribution < -0.4 is 4.18 Å². The third-order valence-electron chi connectivity index (χ3n) is 2.80. The van der Waals surface area contributed by atoms with Crippen molar-refractivity contribution in [1.82, 2.24) is 0 Å². The standard InChI is InChI=1S/C14H12O7S/c1-8-2-4-10(5-3-8)22(19,20)21-13-11(15)6-9(14(17)18)7-12(13)16/h2-7,15-16H,1H3,(H,17,18). The van der Waals surface area contributed by atoms with Crippen molar-refractivity contribution in [3.8, 4) is 17.2 Å². The fourth-order valence-electron chi connectivity index (χ4n) is 1.67. The summed E-state index contributed by atoms with van der Waals surface area (Å²) in [6.45, 7) is 1.78. The number of hydrogen-bond acceptors (Lipinski definition) is 6. The van der Waals surface area contributed by atoms with Crippen LogP contribution in [0.5, 0.6) is 17.2 Å². The van der Waals surface area contributed by atoms with Crippen LogP contribution >= 0.6 is 0 Å². The van der Waals surface area contributed by atoms with Crippen LogP contribution in [0.1, 0.15) is 15.9 Å². The van der Waals surface area contributed by atoms with Crippen molar-refractivity contribution in [1.29, 1.82) is 0 Å². The van der Waals surface area contributed by atoms with Gasteiger partial charge >= 0.3 is 16.1 Å². The summed E-state index contributed by atoms with van der Waals surface area (Å²) in [6, 6.07) is 7.30. The van der Waals surface area contributed by atoms with E-state index in [2.05, 4.69) is 0 Å². The first-order valence-electron chi connectivity index (χ1n) is 6.01. The second kappa shape index (κ2) is 5.57. The Bertz CT molecular complexity index is 800. The Morgan fingerprint density at radius 3 is 2.00 bits per heavy atom. The summed E-state index contributed by atoms with van der Waals surface area (Å²) in [7, 11) is -4.28. The summed E-state index contributed by atoms with van der Waals surface area (Å²) in [4.78, 5) is 10.6. The van der Waals surface area contributed by atoms with Crippen molar-refractivity contribution in [2.75, 3.05) is 0 Å². The predicted molar refractivity (Wildman–Crippen MR) is 75.7 cm³/mol. The largest absolute Gasteiger partial charge is 0.504 e. The van der Waals surface area contributed by atoms with E-state index in [0.29, 0.717) is 0 Å². The molecule has 0 aliphatic carbocycles. The Morgan fingerprint density at radius 2 is 1.55 bits per heavy atom. The van der Waals surface area contributed by atoms with Gasteiger partial charge in [-0.05, 0) is 31.2 Å². The van der Waals surface area contributed by atoms with Crippen molar-refractivity contribution < 1.29 is 32.7 Å². The van der Waals surface area contributed by atoms with E-state index in [1.807, 2.05) is 0 Å². The highest BCUT2D eigenvalue weighted by molar-refractivity contribution is 7.87. The van der Waals surface area contributed by atoms with E-state index in [1.165, 1.54) is 12.1 Å². The lowest BCUT2D eigenvalue weighted by Crippen LogP contribution is -2.10. The van der Waals surface area contributed by atoms with Gasteiger partial charge in [-0.3, -0.25) is 0 Å². The maximum Gasteiger partial charge on any atom is 0.339 e. The lowest BCUT2D eigenvalue weighted by molar-refractivity contribution is 0.0696. The first kappa shape index (κ1) is 15.6. The summed E-state index contributed by atoms with van der Waals surface area (Å²) < 4.78 is 28.9. The van der Waals surface area contributed by atoms with E-state index in [4.69, 9.17) is 9.29 Å². The van der Waals surface area contributed by atoms with Gasteiger partial charge < -0.3 is 19.5 Å². The minimum atomic E-state index is -4.28. The van der Waals surface area contributed by atoms with Gasteiger partial charge in [0.2, 0.25) is 5.75 Å². The number of aryl methyl sites for hydroxylation is 1. The number of phenols is 2. The number of carboxylic acids is 1. The molecule has 7 nitrogen and oxygen atoms in total. The third-order valence-corrected chi connectivity index (χ3v) is 4.03. The second-order valence-electron chi connectivity index (χ2n) is 4.50. The monoisotopic (exact) mass is 324 g/mol. The quantitative estimate of drug-likeness (QED) is 0.734. The zero-order chi connectivity index (χ0) is 16.5. The Labute approximate surface area is 126 Å². The molecule has 3 N–H and O–H groups in total. The molecule has 0 bridgehead atoms. The number of aromatic hydroxyl groups is 2. The molecule has 0 radical (unpaired) electrons. The molecule has 0 amide bonds. The topological polar surface area (TPSA) is 121 Å². The number of aromatic carboxylic acids is 1. The molecule has 2 aromatic rings. The van der Waals surface area contributed by atoms with Gasteiger partial charge in [0.05, 0.1) is 5.56 Å². The van der Waals surface area contributed by atoms with E-state index >= 15 is 0 Å². The zero-order valence-electron chi connectivity index (χ0n) is 11.3. The summed E-state index contributed by atoms with van der Waals surface area (Å²) >= 11 is 0. The van der Waals surface area contributed by atoms with Crippen molar-refractivity contribution >= 4 is 16.1 Å². The number of carbonyl (C=O) groups is 1. The lowest BCUT2D eigenvalue weighted by Gasteiger charge is -2.11. The van der Waals surface area contributed by atoms with Gasteiger partial charge in [-0.2, -0.15) is 8.42 Å². The molecule has 2 rings (SSSR count). The van der Waals surface area contributed by atoms with Crippen LogP contribution in [0.25, 0.3) is 0 Å². The summed E-state index contributed by atoms with van der Waals surface area (Å²) in [5.41, 5.74) is 0.436. The molecule has 0 aliphatic heterocycles. The third kappa shape index (κ3) is 3.12. The molecule has 0 saturated carbocycles. The van der Waals surface area contributed by atoms with Crippen LogP contribution in [0, 0.1) is 6.92 Å². The zero-order valence-corrected chi connectivity index (χ0v) is 12.2. The summed E-state index contributed by atoms with van der Waals surface area (Å²) in [5, 5.41) is 28.1. The SMILES string of the molecule is Cc1ccc(S(=O)(=O)Oc2c(O)cc(C(=O)O)cc2O)cc1. The first-order chi connectivity index (χ1) is 10.2. The Hall–Kier alpha value is -2.74. The fourth-order valence-corrected chi connectivity index (χ4v) is 2.63. The van der Waals surface area contributed by atoms with E-state index in [1.54, 1.807) is 19.1 Å². The summed E-state index contributed by atoms with van der Waals surface area (Å²) in [6.07, 6.45) is 0. The molecule has 0 aromatic heterocycles. The molecular formula is C14H12O7S. The normalized spacial score (nSPS) is 11.1. The molecule has 0 saturated heterocycles. The molecule has 0 heterocycles. The highest BCUT2D eigenvalue weighted by atomic mass is 32.2. The van der Waals surface area contributed by atoms with E-state index in [9.17, 15) is 23.4 Å². The first-order valence-corrected chi connectivity index (χ1v) is 7.42. The molecule has 0 spiro atoms. The number of rotatable bonds is 4. The van der Waals surface area contributed by atoms with E-state index < -0.39 is 38.9 Å². The van der Waals surface area contributed by atoms with Crippen molar-refractivity contribution in [2.24, 2.45) is 0 Å². The molecule has 116 valence electrons. The molecule has 0 atom stereocenters. The smallest absolute Gasteiger partial charge is 0.339 e. The van der Waals surface area contributed by atoms with Crippen LogP contribution in [-0.4, -0.2) is 29.7 Å². The number of hydrogen-bond donors (Lipinski definition) is 3. The number of carboxylic acid groups (broad SMARTS) is 1. The second-order valence-corrected chi connectivity index (χ2v) is 6.05. The highest BCUT2D eigenvalue weighted by Gasteiger charge is 2.23. The average Bonchev–Trinajstić information content (AvgIpc) is 2.43. The minimum Gasteiger partial charge on any atom is -0.504 e. The minimum absolute atomic E-state index is 0.167. The molecule has 0 aliphatic rings. The summed E-state index contributed by atoms with van der Waals surface area (Å²) in [5.74, 6) is -3.72. The maximum atomic E-state index is 12.1. The van der Waals surface area contributed by atoms with Gasteiger partial charge in [0.15, 0.2) is 11.5 Å². The van der Waals surface area contributed by atoms with Crippen LogP contribution in [-0.2, 0) is 10.1 Å². The maximum absolute atomic E-state index is 12.1. The highest BCUT2D eigenvalue weighted by Crippen LogP contribution is 2.38. The van der Waals surface area contributed by atoms with Gasteiger partial charge in [-0.25, -0.2) is 4.79 Å². The van der Waals surface area contributed by atoms with Gasteiger partial charge in [0.25, 0.3) is 0 Å². The lowest BCUT2D eigenvalue weighted by atomic mass is 10.2. The molecule has 22 heavy (non-hydrogen) atoms. The van der Waals surface area contributed by atoms with Gasteiger partial charge in [-0.15, -0.1) is 0 Å². The average molecular weight is 324 g/mol. The molecule has 0 unspecified atom stereocenters. The fraction of sp³-hybridized carbons (Fsp3) is 0.0714. The van der Waals surface area contributed by atoms with Gasteiger partial charge in [-0.1, -0.05) is 17.7 Å². The predicted octanol–water partition coefficient (Wildman–Crippen LogP) is 1.87. The van der Waals surface area contributed by atoms with Crippen molar-refractivity contribution in [2.45, 2.75) is 11.8 Å². The number of phenolic OH excluding ortho intramolecular Hbond substituents is 2.